The van der Waals surface area contributed by atoms with E-state index in [-0.39, 0.29) is 19.1 Å². The molecule has 0 heterocycles. The number of phosphoric acid groups is 1. The molecule has 0 aromatic carbocycles. The van der Waals surface area contributed by atoms with Crippen LogP contribution in [0.25, 0.3) is 0 Å². The molecule has 382 valence electrons. The van der Waals surface area contributed by atoms with Crippen molar-refractivity contribution in [3.8, 4) is 0 Å². The molecule has 1 unspecified atom stereocenters. The molecular weight excluding hydrogens is 816 g/mol. The highest BCUT2D eigenvalue weighted by atomic mass is 31.2. The Bertz CT molecular complexity index is 1050. The van der Waals surface area contributed by atoms with Gasteiger partial charge in [0.25, 0.3) is 0 Å². The number of unbranched alkanes of at least 4 members (excludes halogenated alkanes) is 39. The number of phosphoric ester groups is 1. The van der Waals surface area contributed by atoms with Gasteiger partial charge in [0.15, 0.2) is 0 Å². The fourth-order valence-electron chi connectivity index (χ4n) is 8.57. The number of aliphatic hydroxyl groups excluding tert-OH is 1. The minimum absolute atomic E-state index is 0.0646. The van der Waals surface area contributed by atoms with E-state index in [1.54, 1.807) is 6.08 Å². The predicted molar refractivity (Wildman–Crippen MR) is 277 cm³/mol. The number of nitrogens with one attached hydrogen (secondary N) is 1. The zero-order chi connectivity index (χ0) is 47.1. The second kappa shape index (κ2) is 47.3. The van der Waals surface area contributed by atoms with E-state index in [0.717, 1.165) is 38.5 Å². The van der Waals surface area contributed by atoms with Crippen molar-refractivity contribution in [2.24, 2.45) is 0 Å². The summed E-state index contributed by atoms with van der Waals surface area (Å²) >= 11 is 0. The molecule has 0 saturated heterocycles. The second-order valence-corrected chi connectivity index (χ2v) is 22.1. The minimum Gasteiger partial charge on any atom is -0.387 e. The van der Waals surface area contributed by atoms with Gasteiger partial charge in [-0.3, -0.25) is 13.8 Å². The quantitative estimate of drug-likeness (QED) is 0.0243. The Morgan fingerprint density at radius 1 is 0.516 bits per heavy atom. The first-order valence-corrected chi connectivity index (χ1v) is 29.6. The lowest BCUT2D eigenvalue weighted by atomic mass is 10.0. The molecule has 3 N–H and O–H groups in total. The first kappa shape index (κ1) is 63.2. The van der Waals surface area contributed by atoms with E-state index < -0.39 is 20.0 Å². The van der Waals surface area contributed by atoms with Gasteiger partial charge in [-0.15, -0.1) is 0 Å². The summed E-state index contributed by atoms with van der Waals surface area (Å²) in [5.74, 6) is -0.173. The average Bonchev–Trinajstić information content (AvgIpc) is 3.25. The Labute approximate surface area is 399 Å². The Morgan fingerprint density at radius 2 is 0.828 bits per heavy atom. The summed E-state index contributed by atoms with van der Waals surface area (Å²) in [4.78, 5) is 23.2. The van der Waals surface area contributed by atoms with E-state index in [4.69, 9.17) is 9.05 Å². The highest BCUT2D eigenvalue weighted by molar-refractivity contribution is 7.47. The van der Waals surface area contributed by atoms with Gasteiger partial charge in [0.2, 0.25) is 5.91 Å². The van der Waals surface area contributed by atoms with Gasteiger partial charge in [0, 0.05) is 6.42 Å². The van der Waals surface area contributed by atoms with Crippen molar-refractivity contribution in [2.75, 3.05) is 40.9 Å². The Hall–Kier alpha value is -0.760. The maximum Gasteiger partial charge on any atom is 0.472 e. The number of hydrogen-bond acceptors (Lipinski definition) is 5. The highest BCUT2D eigenvalue weighted by Gasteiger charge is 2.27. The van der Waals surface area contributed by atoms with Crippen LogP contribution < -0.4 is 5.32 Å². The van der Waals surface area contributed by atoms with Crippen LogP contribution in [0.15, 0.2) is 12.2 Å². The van der Waals surface area contributed by atoms with Gasteiger partial charge in [-0.2, -0.15) is 0 Å². The van der Waals surface area contributed by atoms with Crippen molar-refractivity contribution in [1.29, 1.82) is 0 Å². The van der Waals surface area contributed by atoms with Crippen LogP contribution in [0.5, 0.6) is 0 Å². The SMILES string of the molecule is CCCCCCCCCC/C=C/[C@@H](O)[C@H](COP(=O)(O)OCC[N+](C)(C)C)NC(=O)CCCCCCCCCCCCCCCCCCCCCCCCCCCCCCCCCC. The largest absolute Gasteiger partial charge is 0.472 e. The van der Waals surface area contributed by atoms with E-state index in [9.17, 15) is 19.4 Å². The van der Waals surface area contributed by atoms with Crippen LogP contribution in [-0.4, -0.2) is 73.4 Å². The summed E-state index contributed by atoms with van der Waals surface area (Å²) in [6.07, 6.45) is 57.7. The zero-order valence-corrected chi connectivity index (χ0v) is 44.4. The van der Waals surface area contributed by atoms with Crippen molar-refractivity contribution in [1.82, 2.24) is 5.32 Å². The average molecular weight is 928 g/mol. The molecule has 0 rings (SSSR count). The van der Waals surface area contributed by atoms with Crippen LogP contribution in [-0.2, 0) is 18.4 Å². The molecule has 0 aliphatic heterocycles. The Balaban J connectivity index is 3.91. The van der Waals surface area contributed by atoms with Gasteiger partial charge in [0.1, 0.15) is 13.2 Å². The molecule has 0 saturated carbocycles. The third kappa shape index (κ3) is 49.2. The molecule has 0 spiro atoms. The number of carbonyl (C=O) groups is 1. The third-order valence-electron chi connectivity index (χ3n) is 13.0. The number of carbonyl (C=O) groups excluding carboxylic acids is 1. The number of rotatable bonds is 52. The molecule has 0 aromatic heterocycles. The summed E-state index contributed by atoms with van der Waals surface area (Å²) in [5.41, 5.74) is 0. The number of hydrogen-bond donors (Lipinski definition) is 3. The number of nitrogens with zero attached hydrogens (tertiary/aromatic N) is 1. The van der Waals surface area contributed by atoms with Crippen LogP contribution in [0.4, 0.5) is 0 Å². The molecule has 3 atom stereocenters. The third-order valence-corrected chi connectivity index (χ3v) is 14.0. The highest BCUT2D eigenvalue weighted by Crippen LogP contribution is 2.43. The topological polar surface area (TPSA) is 105 Å². The number of aliphatic hydroxyl groups is 1. The predicted octanol–water partition coefficient (Wildman–Crippen LogP) is 16.7. The number of likely N-dealkylation sites (N-methyl/N-ethyl adjacent to an activating group) is 1. The lowest BCUT2D eigenvalue weighted by Gasteiger charge is -2.25. The van der Waals surface area contributed by atoms with Gasteiger partial charge in [0.05, 0.1) is 39.9 Å². The first-order chi connectivity index (χ1) is 31.0. The van der Waals surface area contributed by atoms with Gasteiger partial charge in [-0.05, 0) is 19.3 Å². The second-order valence-electron chi connectivity index (χ2n) is 20.7. The van der Waals surface area contributed by atoms with Crippen LogP contribution in [0.2, 0.25) is 0 Å². The summed E-state index contributed by atoms with van der Waals surface area (Å²) in [7, 11) is 1.58. The maximum atomic E-state index is 12.9. The van der Waals surface area contributed by atoms with Gasteiger partial charge in [-0.1, -0.05) is 270 Å². The molecule has 8 nitrogen and oxygen atoms in total. The van der Waals surface area contributed by atoms with Crippen LogP contribution in [0.3, 0.4) is 0 Å². The molecule has 64 heavy (non-hydrogen) atoms. The monoisotopic (exact) mass is 928 g/mol. The van der Waals surface area contributed by atoms with Gasteiger partial charge < -0.3 is 19.8 Å². The smallest absolute Gasteiger partial charge is 0.387 e. The van der Waals surface area contributed by atoms with E-state index >= 15 is 0 Å². The molecule has 9 heteroatoms. The van der Waals surface area contributed by atoms with E-state index in [2.05, 4.69) is 19.2 Å². The number of amides is 1. The first-order valence-electron chi connectivity index (χ1n) is 28.1. The molecule has 0 aromatic rings. The fraction of sp³-hybridized carbons (Fsp3) is 0.945. The Morgan fingerprint density at radius 3 is 1.16 bits per heavy atom. The lowest BCUT2D eigenvalue weighted by Crippen LogP contribution is -2.45. The molecule has 1 amide bonds. The zero-order valence-electron chi connectivity index (χ0n) is 43.6. The van der Waals surface area contributed by atoms with Crippen molar-refractivity contribution in [2.45, 2.75) is 296 Å². The van der Waals surface area contributed by atoms with Gasteiger partial charge >= 0.3 is 7.82 Å². The number of quaternary nitrogens is 1. The maximum absolute atomic E-state index is 12.9. The van der Waals surface area contributed by atoms with Crippen molar-refractivity contribution >= 4 is 13.7 Å². The molecule has 0 aliphatic carbocycles. The van der Waals surface area contributed by atoms with E-state index in [1.165, 1.54) is 225 Å². The van der Waals surface area contributed by atoms with E-state index in [1.807, 2.05) is 27.2 Å². The van der Waals surface area contributed by atoms with E-state index in [0.29, 0.717) is 17.4 Å². The molecule has 0 bridgehead atoms. The van der Waals surface area contributed by atoms with Gasteiger partial charge in [-0.25, -0.2) is 4.57 Å². The van der Waals surface area contributed by atoms with Crippen molar-refractivity contribution in [3.63, 3.8) is 0 Å². The van der Waals surface area contributed by atoms with Crippen molar-refractivity contribution < 1.29 is 32.9 Å². The standard InChI is InChI=1S/C55H111N2O6P/c1-6-8-10-12-14-16-18-19-20-21-22-23-24-25-26-27-28-29-30-31-32-33-34-35-36-37-38-39-41-43-45-47-49-55(59)56-53(52-63-64(60,61)62-51-50-57(3,4)5)54(58)48-46-44-42-40-17-15-13-11-9-7-2/h46,48,53-54,58H,6-45,47,49-52H2,1-5H3,(H-,56,59,60,61)/p+1/b48-46+/t53-,54+/m0/s1. The van der Waals surface area contributed by atoms with Crippen LogP contribution in [0.1, 0.15) is 284 Å². The summed E-state index contributed by atoms with van der Waals surface area (Å²) in [6, 6.07) is -0.840. The van der Waals surface area contributed by atoms with Crippen LogP contribution >= 0.6 is 7.82 Å². The molecular formula is C55H112N2O6P+. The molecule has 0 aliphatic rings. The summed E-state index contributed by atoms with van der Waals surface area (Å²) in [6.45, 7) is 4.83. The molecule has 0 radical (unpaired) electrons. The Kier molecular flexibility index (Phi) is 46.8. The minimum atomic E-state index is -4.33. The molecule has 0 fully saturated rings. The lowest BCUT2D eigenvalue weighted by molar-refractivity contribution is -0.870. The fourth-order valence-corrected chi connectivity index (χ4v) is 9.31. The summed E-state index contributed by atoms with van der Waals surface area (Å²) in [5, 5.41) is 13.8. The summed E-state index contributed by atoms with van der Waals surface area (Å²) < 4.78 is 23.6. The number of allylic oxidation sites excluding steroid dienone is 1. The van der Waals surface area contributed by atoms with Crippen molar-refractivity contribution in [3.05, 3.63) is 12.2 Å². The normalized spacial score (nSPS) is 14.0. The van der Waals surface area contributed by atoms with Crippen LogP contribution in [0, 0.1) is 0 Å².